The lowest BCUT2D eigenvalue weighted by molar-refractivity contribution is 0.0398. The van der Waals surface area contributed by atoms with Crippen molar-refractivity contribution in [2.24, 2.45) is 0 Å². The maximum absolute atomic E-state index is 10.9. The fraction of sp³-hybridized carbons (Fsp3) is 0.545. The summed E-state index contributed by atoms with van der Waals surface area (Å²) < 4.78 is 5.25. The molecule has 1 saturated heterocycles. The number of nitrogens with zero attached hydrogens (tertiary/aromatic N) is 3. The molecule has 1 aromatic rings. The lowest BCUT2D eigenvalue weighted by atomic mass is 10.3. The third kappa shape index (κ3) is 3.38. The van der Waals surface area contributed by atoms with E-state index in [0.29, 0.717) is 12.4 Å². The van der Waals surface area contributed by atoms with Crippen LogP contribution in [0.2, 0.25) is 0 Å². The minimum Gasteiger partial charge on any atom is -0.477 e. The lowest BCUT2D eigenvalue weighted by Crippen LogP contribution is -2.39. The van der Waals surface area contributed by atoms with Crippen LogP contribution >= 0.6 is 0 Å². The molecular weight excluding hydrogens is 236 g/mol. The van der Waals surface area contributed by atoms with E-state index < -0.39 is 5.97 Å². The third-order valence-electron chi connectivity index (χ3n) is 2.77. The maximum Gasteiger partial charge on any atom is 0.341 e. The molecule has 0 radical (unpaired) electrons. The molecule has 2 heterocycles. The number of anilines is 1. The van der Waals surface area contributed by atoms with Gasteiger partial charge in [-0.25, -0.2) is 14.8 Å². The third-order valence-corrected chi connectivity index (χ3v) is 2.77. The summed E-state index contributed by atoms with van der Waals surface area (Å²) in [6.45, 7) is 4.83. The first-order valence-electron chi connectivity index (χ1n) is 5.84. The van der Waals surface area contributed by atoms with Crippen LogP contribution in [0.4, 0.5) is 5.82 Å². The summed E-state index contributed by atoms with van der Waals surface area (Å²) in [7, 11) is 0. The zero-order valence-corrected chi connectivity index (χ0v) is 10.0. The molecule has 2 rings (SSSR count). The number of aromatic carboxylic acids is 1. The van der Waals surface area contributed by atoms with Gasteiger partial charge in [-0.15, -0.1) is 0 Å². The van der Waals surface area contributed by atoms with Crippen LogP contribution in [-0.2, 0) is 4.74 Å². The smallest absolute Gasteiger partial charge is 0.341 e. The summed E-state index contributed by atoms with van der Waals surface area (Å²) in [5.74, 6) is -0.657. The highest BCUT2D eigenvalue weighted by Crippen LogP contribution is 2.09. The second-order valence-electron chi connectivity index (χ2n) is 3.97. The maximum atomic E-state index is 10.9. The Morgan fingerprint density at radius 1 is 1.50 bits per heavy atom. The van der Waals surface area contributed by atoms with Crippen LogP contribution in [-0.4, -0.2) is 65.3 Å². The topological polar surface area (TPSA) is 87.6 Å². The number of hydrogen-bond donors (Lipinski definition) is 2. The molecule has 1 aliphatic heterocycles. The second-order valence-corrected chi connectivity index (χ2v) is 3.97. The van der Waals surface area contributed by atoms with Gasteiger partial charge in [0.25, 0.3) is 0 Å². The summed E-state index contributed by atoms with van der Waals surface area (Å²) in [6.07, 6.45) is 2.63. The predicted octanol–water partition coefficient (Wildman–Crippen LogP) is -0.0811. The Morgan fingerprint density at radius 2 is 2.28 bits per heavy atom. The summed E-state index contributed by atoms with van der Waals surface area (Å²) in [4.78, 5) is 20.8. The lowest BCUT2D eigenvalue weighted by Gasteiger charge is -2.26. The fourth-order valence-electron chi connectivity index (χ4n) is 1.78. The molecule has 0 saturated carbocycles. The van der Waals surface area contributed by atoms with Crippen LogP contribution in [0, 0.1) is 0 Å². The molecule has 0 unspecified atom stereocenters. The van der Waals surface area contributed by atoms with Gasteiger partial charge >= 0.3 is 5.97 Å². The molecule has 7 heteroatoms. The van der Waals surface area contributed by atoms with E-state index in [1.165, 1.54) is 12.5 Å². The Labute approximate surface area is 105 Å². The first-order valence-corrected chi connectivity index (χ1v) is 5.84. The number of hydrogen-bond acceptors (Lipinski definition) is 6. The van der Waals surface area contributed by atoms with E-state index in [4.69, 9.17) is 9.84 Å². The molecule has 98 valence electrons. The van der Waals surface area contributed by atoms with E-state index in [9.17, 15) is 4.79 Å². The number of carboxylic acids is 1. The minimum absolute atomic E-state index is 0.0967. The first-order chi connectivity index (χ1) is 8.77. The summed E-state index contributed by atoms with van der Waals surface area (Å²) >= 11 is 0. The number of morpholine rings is 1. The van der Waals surface area contributed by atoms with E-state index in [0.717, 1.165) is 32.8 Å². The molecule has 18 heavy (non-hydrogen) atoms. The molecule has 1 fully saturated rings. The van der Waals surface area contributed by atoms with Gasteiger partial charge in [0.2, 0.25) is 0 Å². The summed E-state index contributed by atoms with van der Waals surface area (Å²) in [5.41, 5.74) is 0.0967. The van der Waals surface area contributed by atoms with Crippen LogP contribution in [0.15, 0.2) is 12.5 Å². The average Bonchev–Trinajstić information content (AvgIpc) is 2.40. The highest BCUT2D eigenvalue weighted by Gasteiger charge is 2.12. The zero-order chi connectivity index (χ0) is 12.8. The molecule has 0 aliphatic carbocycles. The molecule has 0 bridgehead atoms. The molecule has 0 spiro atoms. The van der Waals surface area contributed by atoms with Gasteiger partial charge in [-0.2, -0.15) is 0 Å². The van der Waals surface area contributed by atoms with Crippen molar-refractivity contribution in [1.29, 1.82) is 0 Å². The molecule has 1 aromatic heterocycles. The van der Waals surface area contributed by atoms with Gasteiger partial charge < -0.3 is 15.2 Å². The second kappa shape index (κ2) is 6.27. The Kier molecular flexibility index (Phi) is 4.43. The number of ether oxygens (including phenoxy) is 1. The van der Waals surface area contributed by atoms with Gasteiger partial charge in [-0.1, -0.05) is 0 Å². The number of aromatic nitrogens is 2. The van der Waals surface area contributed by atoms with Crippen molar-refractivity contribution in [3.63, 3.8) is 0 Å². The Morgan fingerprint density at radius 3 is 3.00 bits per heavy atom. The van der Waals surface area contributed by atoms with Crippen LogP contribution in [0.25, 0.3) is 0 Å². The van der Waals surface area contributed by atoms with Crippen LogP contribution in [0.1, 0.15) is 10.4 Å². The van der Waals surface area contributed by atoms with Crippen molar-refractivity contribution in [2.45, 2.75) is 0 Å². The van der Waals surface area contributed by atoms with Gasteiger partial charge in [0.1, 0.15) is 17.7 Å². The number of carboxylic acid groups (broad SMARTS) is 1. The van der Waals surface area contributed by atoms with Crippen molar-refractivity contribution < 1.29 is 14.6 Å². The molecule has 2 N–H and O–H groups in total. The van der Waals surface area contributed by atoms with Crippen molar-refractivity contribution >= 4 is 11.8 Å². The monoisotopic (exact) mass is 252 g/mol. The fourth-order valence-corrected chi connectivity index (χ4v) is 1.78. The van der Waals surface area contributed by atoms with Gasteiger partial charge in [0.05, 0.1) is 13.2 Å². The van der Waals surface area contributed by atoms with E-state index in [1.54, 1.807) is 0 Å². The first kappa shape index (κ1) is 12.7. The van der Waals surface area contributed by atoms with Crippen molar-refractivity contribution in [2.75, 3.05) is 44.7 Å². The van der Waals surface area contributed by atoms with E-state index in [-0.39, 0.29) is 5.56 Å². The van der Waals surface area contributed by atoms with Gasteiger partial charge in [-0.05, 0) is 0 Å². The summed E-state index contributed by atoms with van der Waals surface area (Å²) in [6, 6.07) is 0. The minimum atomic E-state index is -1.02. The van der Waals surface area contributed by atoms with Crippen molar-refractivity contribution in [3.8, 4) is 0 Å². The van der Waals surface area contributed by atoms with E-state index in [1.807, 2.05) is 0 Å². The van der Waals surface area contributed by atoms with Gasteiger partial charge in [-0.3, -0.25) is 4.90 Å². The van der Waals surface area contributed by atoms with Crippen molar-refractivity contribution in [1.82, 2.24) is 14.9 Å². The standard InChI is InChI=1S/C11H16N4O3/c16-11(17)9-7-12-8-14-10(9)13-1-2-15-3-5-18-6-4-15/h7-8H,1-6H2,(H,16,17)(H,12,13,14). The van der Waals surface area contributed by atoms with Gasteiger partial charge in [0.15, 0.2) is 0 Å². The quantitative estimate of drug-likeness (QED) is 0.757. The molecule has 0 atom stereocenters. The zero-order valence-electron chi connectivity index (χ0n) is 10.0. The Hall–Kier alpha value is -1.73. The highest BCUT2D eigenvalue weighted by molar-refractivity contribution is 5.92. The molecule has 7 nitrogen and oxygen atoms in total. The van der Waals surface area contributed by atoms with E-state index >= 15 is 0 Å². The SMILES string of the molecule is O=C(O)c1cncnc1NCCN1CCOCC1. The highest BCUT2D eigenvalue weighted by atomic mass is 16.5. The number of carbonyl (C=O) groups is 1. The van der Waals surface area contributed by atoms with Crippen LogP contribution < -0.4 is 5.32 Å². The van der Waals surface area contributed by atoms with E-state index in [2.05, 4.69) is 20.2 Å². The molecular formula is C11H16N4O3. The predicted molar refractivity (Wildman–Crippen MR) is 64.7 cm³/mol. The van der Waals surface area contributed by atoms with Gasteiger partial charge in [0, 0.05) is 32.4 Å². The molecule has 1 aliphatic rings. The average molecular weight is 252 g/mol. The number of rotatable bonds is 5. The Balaban J connectivity index is 1.84. The summed E-state index contributed by atoms with van der Waals surface area (Å²) in [5, 5.41) is 12.0. The normalized spacial score (nSPS) is 16.4. The largest absolute Gasteiger partial charge is 0.477 e. The Bertz CT molecular complexity index is 407. The van der Waals surface area contributed by atoms with Crippen LogP contribution in [0.5, 0.6) is 0 Å². The number of nitrogens with one attached hydrogen (secondary N) is 1. The molecule has 0 amide bonds. The van der Waals surface area contributed by atoms with Crippen LogP contribution in [0.3, 0.4) is 0 Å². The van der Waals surface area contributed by atoms with Crippen molar-refractivity contribution in [3.05, 3.63) is 18.1 Å². The molecule has 0 aromatic carbocycles.